The zero-order valence-electron chi connectivity index (χ0n) is 29.3. The highest BCUT2D eigenvalue weighted by Gasteiger charge is 2.47. The molecule has 1 saturated carbocycles. The van der Waals surface area contributed by atoms with E-state index in [9.17, 15) is 22.8 Å². The first kappa shape index (κ1) is 40.0. The summed E-state index contributed by atoms with van der Waals surface area (Å²) in [7, 11) is -4.56. The van der Waals surface area contributed by atoms with Crippen LogP contribution in [0.2, 0.25) is 36.3 Å². The molecule has 0 saturated heterocycles. The lowest BCUT2D eigenvalue weighted by Gasteiger charge is -2.40. The number of ether oxygens (including phenoxy) is 1. The van der Waals surface area contributed by atoms with Crippen LogP contribution in [0.5, 0.6) is 5.75 Å². The van der Waals surface area contributed by atoms with Gasteiger partial charge in [0.15, 0.2) is 16.6 Å². The van der Waals surface area contributed by atoms with E-state index in [1.807, 2.05) is 24.3 Å². The number of alkyl halides is 3. The molecule has 0 bridgehead atoms. The lowest BCUT2D eigenvalue weighted by atomic mass is 9.90. The highest BCUT2D eigenvalue weighted by Crippen LogP contribution is 2.43. The predicted octanol–water partition coefficient (Wildman–Crippen LogP) is 9.83. The first-order valence-corrected chi connectivity index (χ1v) is 22.0. The van der Waals surface area contributed by atoms with Crippen LogP contribution in [-0.2, 0) is 24.6 Å². The van der Waals surface area contributed by atoms with Gasteiger partial charge in [-0.3, -0.25) is 9.59 Å². The van der Waals surface area contributed by atoms with E-state index in [0.29, 0.717) is 25.7 Å². The molecule has 0 unspecified atom stereocenters. The van der Waals surface area contributed by atoms with Gasteiger partial charge in [-0.1, -0.05) is 71.9 Å². The molecule has 46 heavy (non-hydrogen) atoms. The lowest BCUT2D eigenvalue weighted by Crippen LogP contribution is -2.45. The van der Waals surface area contributed by atoms with E-state index < -0.39 is 40.4 Å². The van der Waals surface area contributed by atoms with Crippen LogP contribution < -0.4 is 4.74 Å². The summed E-state index contributed by atoms with van der Waals surface area (Å²) in [6, 6.07) is 4.83. The Balaban J connectivity index is 2.41. The fourth-order valence-corrected chi connectivity index (χ4v) is 7.40. The molecule has 0 aliphatic heterocycles. The Morgan fingerprint density at radius 3 is 2.22 bits per heavy atom. The van der Waals surface area contributed by atoms with E-state index in [0.717, 1.165) is 12.1 Å². The quantitative estimate of drug-likeness (QED) is 0.113. The minimum absolute atomic E-state index is 0.00684. The van der Waals surface area contributed by atoms with Gasteiger partial charge in [-0.05, 0) is 73.7 Å². The zero-order valence-corrected chi connectivity index (χ0v) is 31.3. The monoisotopic (exact) mass is 684 g/mol. The molecule has 0 aromatic heterocycles. The Labute approximate surface area is 276 Å². The van der Waals surface area contributed by atoms with Gasteiger partial charge in [0.25, 0.3) is 0 Å². The van der Waals surface area contributed by atoms with Crippen LogP contribution in [0, 0.1) is 11.8 Å². The second kappa shape index (κ2) is 15.8. The maximum atomic E-state index is 13.4. The maximum absolute atomic E-state index is 13.4. The van der Waals surface area contributed by atoms with Crippen LogP contribution >= 0.6 is 0 Å². The number of rotatable bonds is 15. The number of unbranched alkanes of at least 4 members (excludes halogenated alkanes) is 1. The van der Waals surface area contributed by atoms with Crippen molar-refractivity contribution in [1.82, 2.24) is 0 Å². The molecule has 0 heterocycles. The van der Waals surface area contributed by atoms with Crippen LogP contribution in [0.3, 0.4) is 0 Å². The first-order valence-electron chi connectivity index (χ1n) is 16.2. The van der Waals surface area contributed by atoms with Crippen molar-refractivity contribution in [2.24, 2.45) is 11.8 Å². The van der Waals surface area contributed by atoms with E-state index in [2.05, 4.69) is 67.7 Å². The molecule has 1 fully saturated rings. The molecule has 1 aromatic carbocycles. The standard InChI is InChI=1S/C35H55F3O6Si2/c1-33(2,3)45(7,8)43-27(24-42-26-17-15-16-25(22-26)35(36,37)38)20-21-29-28(18-13-11-12-14-19-32(40)41)30(39)23-31(29)44-46(9,10)34(4,5)6/h11,13,15-17,20-22,27-29,31H,12,14,18-19,23-24H2,1-10H3,(H,40,41)/b13-11-,21-20+/t27-,28-,29-,31-/m1/s1. The fraction of sp³-hybridized carbons (Fsp3) is 0.657. The minimum atomic E-state index is -4.48. The Kier molecular flexibility index (Phi) is 13.7. The van der Waals surface area contributed by atoms with Gasteiger partial charge in [0.2, 0.25) is 0 Å². The number of carbonyl (C=O) groups excluding carboxylic acids is 1. The fourth-order valence-electron chi connectivity index (χ4n) is 4.79. The third-order valence-electron chi connectivity index (χ3n) is 9.66. The summed E-state index contributed by atoms with van der Waals surface area (Å²) in [6.45, 7) is 21.4. The number of allylic oxidation sites excluding steroid dienone is 2. The summed E-state index contributed by atoms with van der Waals surface area (Å²) in [4.78, 5) is 24.3. The normalized spacial score (nSPS) is 21.0. The first-order chi connectivity index (χ1) is 20.9. The average molecular weight is 685 g/mol. The molecule has 1 N–H and O–H groups in total. The molecule has 1 aliphatic carbocycles. The van der Waals surface area contributed by atoms with E-state index in [1.165, 1.54) is 12.1 Å². The zero-order chi connectivity index (χ0) is 35.1. The number of aliphatic carboxylic acids is 1. The molecule has 2 rings (SSSR count). The molecule has 0 amide bonds. The SMILES string of the molecule is CC(C)(C)[Si](C)(C)O[C@H](/C=C/[C@H]1[C@H](O[Si](C)(C)C(C)(C)C)CC(=O)[C@@H]1C/C=C\CCCC(=O)O)COc1cccc(C(F)(F)F)c1. The molecule has 6 nitrogen and oxygen atoms in total. The Morgan fingerprint density at radius 2 is 1.65 bits per heavy atom. The number of carbonyl (C=O) groups is 2. The second-order valence-corrected chi connectivity index (χ2v) is 24.9. The molecule has 260 valence electrons. The molecule has 0 spiro atoms. The van der Waals surface area contributed by atoms with Gasteiger partial charge < -0.3 is 18.7 Å². The highest BCUT2D eigenvalue weighted by molar-refractivity contribution is 6.74. The molecule has 0 radical (unpaired) electrons. The number of Topliss-reactive ketones (excluding diaryl/α,β-unsaturated/α-hetero) is 1. The van der Waals surface area contributed by atoms with Gasteiger partial charge in [-0.15, -0.1) is 0 Å². The van der Waals surface area contributed by atoms with Crippen LogP contribution in [0.4, 0.5) is 13.2 Å². The van der Waals surface area contributed by atoms with Crippen molar-refractivity contribution >= 4 is 28.4 Å². The summed E-state index contributed by atoms with van der Waals surface area (Å²) in [6.07, 6.45) is 4.49. The van der Waals surface area contributed by atoms with Crippen LogP contribution in [0.1, 0.15) is 79.2 Å². The van der Waals surface area contributed by atoms with Crippen molar-refractivity contribution in [3.63, 3.8) is 0 Å². The summed E-state index contributed by atoms with van der Waals surface area (Å²) in [5, 5.41) is 8.73. The van der Waals surface area contributed by atoms with Crippen LogP contribution in [0.25, 0.3) is 0 Å². The molecule has 1 aliphatic rings. The van der Waals surface area contributed by atoms with Crippen molar-refractivity contribution < 1.29 is 41.5 Å². The van der Waals surface area contributed by atoms with Crippen molar-refractivity contribution in [3.8, 4) is 5.75 Å². The third kappa shape index (κ3) is 11.8. The number of benzene rings is 1. The molecule has 11 heteroatoms. The average Bonchev–Trinajstić information content (AvgIpc) is 3.18. The summed E-state index contributed by atoms with van der Waals surface area (Å²) in [5.41, 5.74) is -0.781. The largest absolute Gasteiger partial charge is 0.491 e. The van der Waals surface area contributed by atoms with Crippen molar-refractivity contribution in [3.05, 3.63) is 54.1 Å². The summed E-state index contributed by atoms with van der Waals surface area (Å²) < 4.78 is 59.4. The van der Waals surface area contributed by atoms with Crippen LogP contribution in [0.15, 0.2) is 48.6 Å². The third-order valence-corrected chi connectivity index (χ3v) is 18.7. The molecular weight excluding hydrogens is 630 g/mol. The van der Waals surface area contributed by atoms with Gasteiger partial charge >= 0.3 is 12.1 Å². The van der Waals surface area contributed by atoms with E-state index in [4.69, 9.17) is 18.7 Å². The van der Waals surface area contributed by atoms with Gasteiger partial charge in [0.1, 0.15) is 18.1 Å². The lowest BCUT2D eigenvalue weighted by molar-refractivity contribution is -0.138. The highest BCUT2D eigenvalue weighted by atomic mass is 28.4. The van der Waals surface area contributed by atoms with Crippen molar-refractivity contribution in [2.75, 3.05) is 6.61 Å². The molecular formula is C35H55F3O6Si2. The minimum Gasteiger partial charge on any atom is -0.491 e. The number of carboxylic acids is 1. The maximum Gasteiger partial charge on any atom is 0.416 e. The van der Waals surface area contributed by atoms with Gasteiger partial charge in [-0.2, -0.15) is 13.2 Å². The number of hydrogen-bond donors (Lipinski definition) is 1. The van der Waals surface area contributed by atoms with Gasteiger partial charge in [-0.25, -0.2) is 0 Å². The van der Waals surface area contributed by atoms with Gasteiger partial charge in [0, 0.05) is 24.7 Å². The van der Waals surface area contributed by atoms with Crippen molar-refractivity contribution in [2.45, 2.75) is 128 Å². The number of ketones is 1. The predicted molar refractivity (Wildman–Crippen MR) is 182 cm³/mol. The number of hydrogen-bond acceptors (Lipinski definition) is 5. The van der Waals surface area contributed by atoms with E-state index in [1.54, 1.807) is 0 Å². The smallest absolute Gasteiger partial charge is 0.416 e. The van der Waals surface area contributed by atoms with E-state index >= 15 is 0 Å². The summed E-state index contributed by atoms with van der Waals surface area (Å²) >= 11 is 0. The Morgan fingerprint density at radius 1 is 1.02 bits per heavy atom. The number of halogens is 3. The molecule has 4 atom stereocenters. The van der Waals surface area contributed by atoms with Crippen molar-refractivity contribution in [1.29, 1.82) is 0 Å². The number of carboxylic acid groups (broad SMARTS) is 1. The summed E-state index contributed by atoms with van der Waals surface area (Å²) in [5.74, 6) is -1.16. The Hall–Kier alpha value is -2.22. The topological polar surface area (TPSA) is 82.1 Å². The van der Waals surface area contributed by atoms with E-state index in [-0.39, 0.29) is 52.6 Å². The van der Waals surface area contributed by atoms with Gasteiger partial charge in [0.05, 0.1) is 17.8 Å². The molecule has 1 aromatic rings. The van der Waals surface area contributed by atoms with Crippen LogP contribution in [-0.4, -0.2) is 52.3 Å². The second-order valence-electron chi connectivity index (χ2n) is 15.4. The Bertz CT molecular complexity index is 1230.